The van der Waals surface area contributed by atoms with Crippen LogP contribution >= 0.6 is 0 Å². The van der Waals surface area contributed by atoms with Crippen LogP contribution in [0.15, 0.2) is 18.3 Å². The Balaban J connectivity index is 2.17. The van der Waals surface area contributed by atoms with Gasteiger partial charge in [0.25, 0.3) is 5.91 Å². The summed E-state index contributed by atoms with van der Waals surface area (Å²) >= 11 is 0. The number of aromatic nitrogens is 4. The maximum atomic E-state index is 12.0. The van der Waals surface area contributed by atoms with E-state index in [0.29, 0.717) is 11.6 Å². The lowest BCUT2D eigenvalue weighted by Crippen LogP contribution is -2.17. The smallest absolute Gasteiger partial charge is 0.296 e. The third-order valence-corrected chi connectivity index (χ3v) is 2.64. The molecule has 0 unspecified atom stereocenters. The molecular weight excluding hydrogens is 242 g/mol. The molecular formula is C13H17N5O. The summed E-state index contributed by atoms with van der Waals surface area (Å²) in [4.78, 5) is 20.3. The molecule has 0 saturated carbocycles. The zero-order valence-electron chi connectivity index (χ0n) is 11.5. The van der Waals surface area contributed by atoms with Gasteiger partial charge < -0.3 is 5.32 Å². The van der Waals surface area contributed by atoms with Gasteiger partial charge in [0.1, 0.15) is 11.6 Å². The fourth-order valence-corrected chi connectivity index (χ4v) is 1.48. The summed E-state index contributed by atoms with van der Waals surface area (Å²) in [5.74, 6) is 0.952. The molecule has 0 atom stereocenters. The van der Waals surface area contributed by atoms with E-state index in [-0.39, 0.29) is 17.1 Å². The Morgan fingerprint density at radius 3 is 2.68 bits per heavy atom. The van der Waals surface area contributed by atoms with Crippen molar-refractivity contribution in [2.24, 2.45) is 0 Å². The Morgan fingerprint density at radius 2 is 2.11 bits per heavy atom. The number of aromatic amines is 1. The number of nitrogens with one attached hydrogen (secondary N) is 2. The molecule has 2 heterocycles. The molecule has 0 radical (unpaired) electrons. The summed E-state index contributed by atoms with van der Waals surface area (Å²) in [6, 6.07) is 3.69. The Morgan fingerprint density at radius 1 is 1.37 bits per heavy atom. The monoisotopic (exact) mass is 259 g/mol. The Hall–Kier alpha value is -2.24. The molecule has 0 aliphatic rings. The van der Waals surface area contributed by atoms with Crippen LogP contribution in [0.2, 0.25) is 0 Å². The lowest BCUT2D eigenvalue weighted by atomic mass is 9.96. The largest absolute Gasteiger partial charge is 0.304 e. The molecule has 2 aromatic heterocycles. The maximum absolute atomic E-state index is 12.0. The zero-order chi connectivity index (χ0) is 14.0. The molecule has 6 heteroatoms. The SMILES string of the molecule is Cc1cccnc1NC(=O)c1n[nH]c(C(C)(C)C)n1. The van der Waals surface area contributed by atoms with Crippen LogP contribution in [0.25, 0.3) is 0 Å². The number of nitrogens with zero attached hydrogens (tertiary/aromatic N) is 3. The van der Waals surface area contributed by atoms with E-state index in [2.05, 4.69) is 25.5 Å². The molecule has 100 valence electrons. The second-order valence-electron chi connectivity index (χ2n) is 5.38. The fraction of sp³-hybridized carbons (Fsp3) is 0.385. The van der Waals surface area contributed by atoms with Crippen molar-refractivity contribution in [2.75, 3.05) is 5.32 Å². The highest BCUT2D eigenvalue weighted by Crippen LogP contribution is 2.17. The molecule has 6 nitrogen and oxygen atoms in total. The topological polar surface area (TPSA) is 83.6 Å². The third-order valence-electron chi connectivity index (χ3n) is 2.64. The van der Waals surface area contributed by atoms with Gasteiger partial charge in [0.05, 0.1) is 0 Å². The van der Waals surface area contributed by atoms with Gasteiger partial charge in [-0.1, -0.05) is 26.8 Å². The summed E-state index contributed by atoms with van der Waals surface area (Å²) in [5.41, 5.74) is 0.717. The molecule has 19 heavy (non-hydrogen) atoms. The number of aryl methyl sites for hydroxylation is 1. The summed E-state index contributed by atoms with van der Waals surface area (Å²) in [6.45, 7) is 7.87. The molecule has 0 aliphatic heterocycles. The maximum Gasteiger partial charge on any atom is 0.296 e. The summed E-state index contributed by atoms with van der Waals surface area (Å²) < 4.78 is 0. The normalized spacial score (nSPS) is 11.4. The van der Waals surface area contributed by atoms with Crippen molar-refractivity contribution in [2.45, 2.75) is 33.1 Å². The lowest BCUT2D eigenvalue weighted by Gasteiger charge is -2.12. The standard InChI is InChI=1S/C13H17N5O/c1-8-6-5-7-14-9(8)15-11(19)10-16-12(18-17-10)13(2,3)4/h5-7H,1-4H3,(H,14,15,19)(H,16,17,18). The van der Waals surface area contributed by atoms with Crippen LogP contribution in [0, 0.1) is 6.92 Å². The number of anilines is 1. The predicted octanol–water partition coefficient (Wildman–Crippen LogP) is 2.06. The first-order valence-corrected chi connectivity index (χ1v) is 6.04. The minimum Gasteiger partial charge on any atom is -0.304 e. The van der Waals surface area contributed by atoms with E-state index >= 15 is 0 Å². The van der Waals surface area contributed by atoms with Gasteiger partial charge in [-0.05, 0) is 18.6 Å². The van der Waals surface area contributed by atoms with Crippen LogP contribution in [-0.2, 0) is 5.41 Å². The molecule has 0 saturated heterocycles. The lowest BCUT2D eigenvalue weighted by molar-refractivity contribution is 0.101. The predicted molar refractivity (Wildman–Crippen MR) is 72.0 cm³/mol. The quantitative estimate of drug-likeness (QED) is 0.864. The van der Waals surface area contributed by atoms with Crippen molar-refractivity contribution >= 4 is 11.7 Å². The van der Waals surface area contributed by atoms with Crippen LogP contribution in [0.5, 0.6) is 0 Å². The minimum absolute atomic E-state index is 0.120. The first-order chi connectivity index (χ1) is 8.88. The molecule has 2 N–H and O–H groups in total. The molecule has 2 aromatic rings. The van der Waals surface area contributed by atoms with E-state index < -0.39 is 0 Å². The Labute approximate surface area is 111 Å². The molecule has 2 rings (SSSR count). The summed E-state index contributed by atoms with van der Waals surface area (Å²) in [6.07, 6.45) is 1.63. The second kappa shape index (κ2) is 4.79. The van der Waals surface area contributed by atoms with Gasteiger partial charge in [0.15, 0.2) is 0 Å². The third kappa shape index (κ3) is 2.96. The molecule has 0 bridgehead atoms. The van der Waals surface area contributed by atoms with Crippen LogP contribution in [0.4, 0.5) is 5.82 Å². The van der Waals surface area contributed by atoms with E-state index in [1.165, 1.54) is 0 Å². The minimum atomic E-state index is -0.367. The summed E-state index contributed by atoms with van der Waals surface area (Å²) in [5, 5.41) is 9.41. The van der Waals surface area contributed by atoms with E-state index in [9.17, 15) is 4.79 Å². The van der Waals surface area contributed by atoms with Gasteiger partial charge in [-0.25, -0.2) is 9.97 Å². The number of pyridine rings is 1. The van der Waals surface area contributed by atoms with Crippen molar-refractivity contribution in [3.8, 4) is 0 Å². The van der Waals surface area contributed by atoms with Crippen molar-refractivity contribution in [3.05, 3.63) is 35.5 Å². The van der Waals surface area contributed by atoms with Crippen LogP contribution < -0.4 is 5.32 Å². The number of amides is 1. The van der Waals surface area contributed by atoms with Crippen LogP contribution in [0.1, 0.15) is 42.8 Å². The molecule has 0 spiro atoms. The highest BCUT2D eigenvalue weighted by molar-refractivity contribution is 6.01. The zero-order valence-corrected chi connectivity index (χ0v) is 11.5. The summed E-state index contributed by atoms with van der Waals surface area (Å²) in [7, 11) is 0. The van der Waals surface area contributed by atoms with Gasteiger partial charge in [-0.15, -0.1) is 5.10 Å². The van der Waals surface area contributed by atoms with E-state index in [0.717, 1.165) is 5.56 Å². The highest BCUT2D eigenvalue weighted by Gasteiger charge is 2.21. The van der Waals surface area contributed by atoms with Gasteiger partial charge in [0.2, 0.25) is 5.82 Å². The average Bonchev–Trinajstić information content (AvgIpc) is 2.81. The van der Waals surface area contributed by atoms with Gasteiger partial charge in [0, 0.05) is 11.6 Å². The van der Waals surface area contributed by atoms with Crippen molar-refractivity contribution in [1.82, 2.24) is 20.2 Å². The van der Waals surface area contributed by atoms with Gasteiger partial charge >= 0.3 is 0 Å². The van der Waals surface area contributed by atoms with E-state index in [1.807, 2.05) is 39.8 Å². The number of rotatable bonds is 2. The van der Waals surface area contributed by atoms with Crippen molar-refractivity contribution < 1.29 is 4.79 Å². The Kier molecular flexibility index (Phi) is 3.33. The number of carbonyl (C=O) groups is 1. The first kappa shape index (κ1) is 13.2. The fourth-order valence-electron chi connectivity index (χ4n) is 1.48. The number of hydrogen-bond acceptors (Lipinski definition) is 4. The van der Waals surface area contributed by atoms with Crippen molar-refractivity contribution in [3.63, 3.8) is 0 Å². The molecule has 0 aromatic carbocycles. The first-order valence-electron chi connectivity index (χ1n) is 6.04. The molecule has 0 fully saturated rings. The van der Waals surface area contributed by atoms with Gasteiger partial charge in [-0.2, -0.15) is 0 Å². The van der Waals surface area contributed by atoms with E-state index in [4.69, 9.17) is 0 Å². The number of hydrogen-bond donors (Lipinski definition) is 2. The second-order valence-corrected chi connectivity index (χ2v) is 5.38. The number of carbonyl (C=O) groups excluding carboxylic acids is 1. The Bertz CT molecular complexity index is 597. The molecule has 0 aliphatic carbocycles. The van der Waals surface area contributed by atoms with Crippen molar-refractivity contribution in [1.29, 1.82) is 0 Å². The average molecular weight is 259 g/mol. The highest BCUT2D eigenvalue weighted by atomic mass is 16.2. The van der Waals surface area contributed by atoms with Crippen LogP contribution in [-0.4, -0.2) is 26.1 Å². The molecule has 1 amide bonds. The van der Waals surface area contributed by atoms with E-state index in [1.54, 1.807) is 6.20 Å². The van der Waals surface area contributed by atoms with Crippen LogP contribution in [0.3, 0.4) is 0 Å². The number of H-pyrrole nitrogens is 1. The van der Waals surface area contributed by atoms with Gasteiger partial charge in [-0.3, -0.25) is 9.89 Å².